The number of imidazole rings is 1. The minimum Gasteiger partial charge on any atom is -0.338 e. The lowest BCUT2D eigenvalue weighted by Gasteiger charge is -2.37. The van der Waals surface area contributed by atoms with Gasteiger partial charge in [-0.3, -0.25) is 9.80 Å². The van der Waals surface area contributed by atoms with E-state index in [0.29, 0.717) is 17.8 Å². The lowest BCUT2D eigenvalue weighted by molar-refractivity contribution is 0.0690. The second-order valence-corrected chi connectivity index (χ2v) is 6.26. The van der Waals surface area contributed by atoms with E-state index in [-0.39, 0.29) is 6.04 Å². The van der Waals surface area contributed by atoms with Gasteiger partial charge in [0, 0.05) is 38.1 Å². The van der Waals surface area contributed by atoms with Crippen molar-refractivity contribution in [2.24, 2.45) is 0 Å². The third-order valence-electron chi connectivity index (χ3n) is 4.23. The Labute approximate surface area is 130 Å². The van der Waals surface area contributed by atoms with Crippen molar-refractivity contribution in [2.45, 2.75) is 39.4 Å². The molecule has 2 aromatic heterocycles. The summed E-state index contributed by atoms with van der Waals surface area (Å²) in [6.45, 7) is 9.94. The maximum Gasteiger partial charge on any atom is 0.245 e. The third-order valence-corrected chi connectivity index (χ3v) is 4.23. The Bertz CT molecular complexity index is 619. The average Bonchev–Trinajstić information content (AvgIpc) is 3.10. The van der Waals surface area contributed by atoms with E-state index in [1.807, 2.05) is 13.1 Å². The number of aryl methyl sites for hydroxylation is 1. The molecule has 0 saturated carbocycles. The zero-order valence-electron chi connectivity index (χ0n) is 13.7. The van der Waals surface area contributed by atoms with Crippen LogP contribution in [0.5, 0.6) is 0 Å². The van der Waals surface area contributed by atoms with Crippen LogP contribution >= 0.6 is 0 Å². The Morgan fingerprint density at radius 2 is 2.18 bits per heavy atom. The van der Waals surface area contributed by atoms with Crippen molar-refractivity contribution in [3.63, 3.8) is 0 Å². The van der Waals surface area contributed by atoms with E-state index in [1.54, 1.807) is 0 Å². The predicted octanol–water partition coefficient (Wildman–Crippen LogP) is 1.64. The Balaban J connectivity index is 1.72. The van der Waals surface area contributed by atoms with Crippen molar-refractivity contribution in [2.75, 3.05) is 26.7 Å². The van der Waals surface area contributed by atoms with E-state index in [4.69, 9.17) is 4.52 Å². The first-order chi connectivity index (χ1) is 10.5. The largest absolute Gasteiger partial charge is 0.338 e. The molecule has 3 rings (SSSR count). The number of rotatable bonds is 4. The van der Waals surface area contributed by atoms with Gasteiger partial charge in [0.25, 0.3) is 0 Å². The molecule has 120 valence electrons. The predicted molar refractivity (Wildman–Crippen MR) is 82.3 cm³/mol. The molecule has 1 atom stereocenters. The molecule has 1 aliphatic rings. The first kappa shape index (κ1) is 15.2. The lowest BCUT2D eigenvalue weighted by Crippen LogP contribution is -2.46. The van der Waals surface area contributed by atoms with Gasteiger partial charge in [-0.15, -0.1) is 0 Å². The minimum atomic E-state index is 0.150. The van der Waals surface area contributed by atoms with Crippen LogP contribution in [0.3, 0.4) is 0 Å². The van der Waals surface area contributed by atoms with Gasteiger partial charge >= 0.3 is 0 Å². The summed E-state index contributed by atoms with van der Waals surface area (Å²) in [7, 11) is 2.11. The number of likely N-dealkylation sites (N-methyl/N-ethyl adjacent to an activating group) is 1. The summed E-state index contributed by atoms with van der Waals surface area (Å²) in [5, 5.41) is 3.92. The molecule has 0 radical (unpaired) electrons. The molecule has 1 fully saturated rings. The van der Waals surface area contributed by atoms with Gasteiger partial charge in [-0.2, -0.15) is 4.98 Å². The van der Waals surface area contributed by atoms with Gasteiger partial charge < -0.3 is 9.09 Å². The van der Waals surface area contributed by atoms with E-state index in [1.165, 1.54) is 0 Å². The molecule has 7 nitrogen and oxygen atoms in total. The molecule has 0 bridgehead atoms. The quantitative estimate of drug-likeness (QED) is 0.856. The Morgan fingerprint density at radius 3 is 2.86 bits per heavy atom. The lowest BCUT2D eigenvalue weighted by atomic mass is 10.1. The summed E-state index contributed by atoms with van der Waals surface area (Å²) in [4.78, 5) is 13.6. The van der Waals surface area contributed by atoms with Crippen molar-refractivity contribution in [3.05, 3.63) is 29.9 Å². The van der Waals surface area contributed by atoms with Crippen LogP contribution in [0.1, 0.15) is 43.5 Å². The van der Waals surface area contributed by atoms with Crippen LogP contribution in [-0.2, 0) is 6.54 Å². The summed E-state index contributed by atoms with van der Waals surface area (Å²) in [5.74, 6) is 2.51. The molecule has 0 N–H and O–H groups in total. The normalized spacial score (nSPS) is 20.9. The summed E-state index contributed by atoms with van der Waals surface area (Å²) in [6, 6.07) is 0.580. The van der Waals surface area contributed by atoms with Crippen molar-refractivity contribution in [1.29, 1.82) is 0 Å². The van der Waals surface area contributed by atoms with Crippen molar-refractivity contribution >= 4 is 0 Å². The van der Waals surface area contributed by atoms with Crippen LogP contribution in [0.4, 0.5) is 0 Å². The molecule has 1 aliphatic heterocycles. The van der Waals surface area contributed by atoms with Crippen LogP contribution in [-0.4, -0.2) is 56.2 Å². The summed E-state index contributed by atoms with van der Waals surface area (Å²) in [6.07, 6.45) is 3.93. The van der Waals surface area contributed by atoms with Crippen LogP contribution in [0.25, 0.3) is 0 Å². The zero-order chi connectivity index (χ0) is 15.7. The maximum atomic E-state index is 5.37. The highest BCUT2D eigenvalue weighted by Crippen LogP contribution is 2.23. The Morgan fingerprint density at radius 1 is 1.36 bits per heavy atom. The number of nitrogens with zero attached hydrogens (tertiary/aromatic N) is 6. The van der Waals surface area contributed by atoms with Gasteiger partial charge in [0.05, 0.1) is 6.54 Å². The fourth-order valence-electron chi connectivity index (χ4n) is 2.93. The van der Waals surface area contributed by atoms with Gasteiger partial charge in [0.15, 0.2) is 5.82 Å². The average molecular weight is 304 g/mol. The molecular weight excluding hydrogens is 280 g/mol. The molecule has 3 heterocycles. The van der Waals surface area contributed by atoms with E-state index in [0.717, 1.165) is 32.0 Å². The summed E-state index contributed by atoms with van der Waals surface area (Å²) in [5.41, 5.74) is 0. The SMILES string of the molecule is Cc1noc([C@H]2CN(Cc3nccn3C(C)C)CCN2C)n1. The fourth-order valence-corrected chi connectivity index (χ4v) is 2.93. The van der Waals surface area contributed by atoms with E-state index < -0.39 is 0 Å². The van der Waals surface area contributed by atoms with Gasteiger partial charge in [0.1, 0.15) is 11.9 Å². The molecule has 0 unspecified atom stereocenters. The van der Waals surface area contributed by atoms with E-state index in [2.05, 4.69) is 56.6 Å². The standard InChI is InChI=1S/C15H24N6O/c1-11(2)21-6-5-16-14(21)10-20-8-7-19(4)13(9-20)15-17-12(3)18-22-15/h5-6,11,13H,7-10H2,1-4H3/t13-/m1/s1. The first-order valence-electron chi connectivity index (χ1n) is 7.79. The molecule has 7 heteroatoms. The van der Waals surface area contributed by atoms with Crippen LogP contribution in [0.2, 0.25) is 0 Å². The van der Waals surface area contributed by atoms with Gasteiger partial charge in [0.2, 0.25) is 5.89 Å². The number of aromatic nitrogens is 4. The third kappa shape index (κ3) is 3.05. The topological polar surface area (TPSA) is 63.2 Å². The molecule has 0 aliphatic carbocycles. The van der Waals surface area contributed by atoms with Gasteiger partial charge in [-0.05, 0) is 27.8 Å². The van der Waals surface area contributed by atoms with Gasteiger partial charge in [-0.25, -0.2) is 4.98 Å². The van der Waals surface area contributed by atoms with Crippen molar-refractivity contribution in [1.82, 2.24) is 29.5 Å². The molecule has 0 amide bonds. The van der Waals surface area contributed by atoms with Gasteiger partial charge in [-0.1, -0.05) is 5.16 Å². The van der Waals surface area contributed by atoms with E-state index in [9.17, 15) is 0 Å². The summed E-state index contributed by atoms with van der Waals surface area (Å²) < 4.78 is 7.60. The van der Waals surface area contributed by atoms with Crippen LogP contribution in [0.15, 0.2) is 16.9 Å². The minimum absolute atomic E-state index is 0.150. The van der Waals surface area contributed by atoms with Crippen molar-refractivity contribution < 1.29 is 4.52 Å². The Kier molecular flexibility index (Phi) is 4.26. The highest BCUT2D eigenvalue weighted by molar-refractivity contribution is 4.99. The molecule has 22 heavy (non-hydrogen) atoms. The molecule has 0 spiro atoms. The molecular formula is C15H24N6O. The van der Waals surface area contributed by atoms with Crippen LogP contribution in [0, 0.1) is 6.92 Å². The molecule has 1 saturated heterocycles. The number of hydrogen-bond acceptors (Lipinski definition) is 6. The zero-order valence-corrected chi connectivity index (χ0v) is 13.7. The second-order valence-electron chi connectivity index (χ2n) is 6.26. The fraction of sp³-hybridized carbons (Fsp3) is 0.667. The number of piperazine rings is 1. The van der Waals surface area contributed by atoms with Crippen LogP contribution < -0.4 is 0 Å². The Hall–Kier alpha value is -1.73. The maximum absolute atomic E-state index is 5.37. The first-order valence-corrected chi connectivity index (χ1v) is 7.79. The van der Waals surface area contributed by atoms with E-state index >= 15 is 0 Å². The monoisotopic (exact) mass is 304 g/mol. The van der Waals surface area contributed by atoms with Crippen molar-refractivity contribution in [3.8, 4) is 0 Å². The second kappa shape index (κ2) is 6.18. The smallest absolute Gasteiger partial charge is 0.245 e. The number of hydrogen-bond donors (Lipinski definition) is 0. The highest BCUT2D eigenvalue weighted by atomic mass is 16.5. The highest BCUT2D eigenvalue weighted by Gasteiger charge is 2.30. The molecule has 0 aromatic carbocycles. The summed E-state index contributed by atoms with van der Waals surface area (Å²) >= 11 is 0. The molecule has 2 aromatic rings.